The number of hydrogen-bond donors (Lipinski definition) is 2. The Balaban J connectivity index is 2.19. The lowest BCUT2D eigenvalue weighted by molar-refractivity contribution is 0.350. The van der Waals surface area contributed by atoms with Crippen molar-refractivity contribution < 1.29 is 18.0 Å². The normalized spacial score (nSPS) is 11.0. The number of nitrogens with zero attached hydrogens (tertiary/aromatic N) is 2. The van der Waals surface area contributed by atoms with E-state index in [0.29, 0.717) is 5.56 Å². The summed E-state index contributed by atoms with van der Waals surface area (Å²) in [5, 5.41) is 12.1. The number of hydrogen-bond acceptors (Lipinski definition) is 6. The highest BCUT2D eigenvalue weighted by atomic mass is 35.5. The number of aliphatic hydroxyl groups excluding tert-OH is 1. The average Bonchev–Trinajstić information content (AvgIpc) is 2.96. The lowest BCUT2D eigenvalue weighted by atomic mass is 10.2. The Labute approximate surface area is 126 Å². The summed E-state index contributed by atoms with van der Waals surface area (Å²) in [6.45, 7) is -0.398. The third-order valence-corrected chi connectivity index (χ3v) is 4.24. The van der Waals surface area contributed by atoms with Gasteiger partial charge in [0, 0.05) is 5.56 Å². The molecule has 0 bridgehead atoms. The fraction of sp³-hybridized carbons (Fsp3) is 0.167. The van der Waals surface area contributed by atoms with E-state index in [9.17, 15) is 8.42 Å². The minimum atomic E-state index is -3.81. The summed E-state index contributed by atoms with van der Waals surface area (Å²) in [5.74, 6) is 5.29. The summed E-state index contributed by atoms with van der Waals surface area (Å²) < 4.78 is 31.0. The molecule has 110 valence electrons. The average molecular weight is 328 g/mol. The van der Waals surface area contributed by atoms with E-state index >= 15 is 0 Å². The minimum Gasteiger partial charge on any atom is -0.384 e. The first kappa shape index (κ1) is 15.5. The van der Waals surface area contributed by atoms with E-state index in [1.807, 2.05) is 0 Å². The van der Waals surface area contributed by atoms with Gasteiger partial charge in [-0.05, 0) is 18.2 Å². The van der Waals surface area contributed by atoms with Crippen LogP contribution in [0.15, 0.2) is 34.0 Å². The van der Waals surface area contributed by atoms with Gasteiger partial charge < -0.3 is 9.63 Å². The maximum atomic E-state index is 12.1. The molecular weight excluding hydrogens is 318 g/mol. The molecule has 2 aromatic rings. The highest BCUT2D eigenvalue weighted by Crippen LogP contribution is 2.22. The van der Waals surface area contributed by atoms with Crippen molar-refractivity contribution in [2.24, 2.45) is 0 Å². The summed E-state index contributed by atoms with van der Waals surface area (Å²) in [4.78, 5) is 3.62. The SMILES string of the molecule is O=S(=O)(NCc1ncon1)c1ccc(C#CCO)cc1Cl. The first-order chi connectivity index (χ1) is 10.0. The molecule has 0 fully saturated rings. The highest BCUT2D eigenvalue weighted by Gasteiger charge is 2.18. The first-order valence-corrected chi connectivity index (χ1v) is 7.53. The van der Waals surface area contributed by atoms with Crippen LogP contribution in [0.5, 0.6) is 0 Å². The third-order valence-electron chi connectivity index (χ3n) is 2.36. The minimum absolute atomic E-state index is 0.0281. The summed E-state index contributed by atoms with van der Waals surface area (Å²) in [6.07, 6.45) is 1.10. The van der Waals surface area contributed by atoms with Crippen LogP contribution in [0.3, 0.4) is 0 Å². The van der Waals surface area contributed by atoms with Crippen molar-refractivity contribution in [3.05, 3.63) is 41.0 Å². The van der Waals surface area contributed by atoms with Gasteiger partial charge in [-0.15, -0.1) is 0 Å². The van der Waals surface area contributed by atoms with E-state index < -0.39 is 10.0 Å². The van der Waals surface area contributed by atoms with Crippen LogP contribution in [-0.2, 0) is 16.6 Å². The molecular formula is C12H10ClN3O4S. The van der Waals surface area contributed by atoms with Crippen LogP contribution in [0, 0.1) is 11.8 Å². The van der Waals surface area contributed by atoms with Gasteiger partial charge in [-0.2, -0.15) is 4.98 Å². The second kappa shape index (κ2) is 6.69. The molecule has 0 saturated carbocycles. The molecule has 0 spiro atoms. The Kier molecular flexibility index (Phi) is 4.93. The summed E-state index contributed by atoms with van der Waals surface area (Å²) in [6, 6.07) is 4.24. The van der Waals surface area contributed by atoms with Gasteiger partial charge in [-0.25, -0.2) is 13.1 Å². The summed E-state index contributed by atoms with van der Waals surface area (Å²) in [5.41, 5.74) is 0.506. The molecule has 0 amide bonds. The molecule has 1 aromatic heterocycles. The molecule has 2 rings (SSSR count). The topological polar surface area (TPSA) is 105 Å². The predicted octanol–water partition coefficient (Wildman–Crippen LogP) is 0.545. The van der Waals surface area contributed by atoms with E-state index in [0.717, 1.165) is 6.39 Å². The number of sulfonamides is 1. The zero-order valence-corrected chi connectivity index (χ0v) is 12.1. The largest absolute Gasteiger partial charge is 0.384 e. The number of nitrogens with one attached hydrogen (secondary N) is 1. The van der Waals surface area contributed by atoms with Gasteiger partial charge in [0.2, 0.25) is 16.4 Å². The molecule has 1 heterocycles. The van der Waals surface area contributed by atoms with Gasteiger partial charge in [-0.1, -0.05) is 28.6 Å². The van der Waals surface area contributed by atoms with Gasteiger partial charge in [0.25, 0.3) is 0 Å². The van der Waals surface area contributed by atoms with Crippen LogP contribution in [0.1, 0.15) is 11.4 Å². The molecule has 0 unspecified atom stereocenters. The van der Waals surface area contributed by atoms with Crippen molar-refractivity contribution in [1.82, 2.24) is 14.9 Å². The fourth-order valence-corrected chi connectivity index (χ4v) is 2.97. The van der Waals surface area contributed by atoms with Crippen LogP contribution in [0.2, 0.25) is 5.02 Å². The van der Waals surface area contributed by atoms with Gasteiger partial charge in [0.05, 0.1) is 11.6 Å². The van der Waals surface area contributed by atoms with Gasteiger partial charge in [0.1, 0.15) is 11.5 Å². The van der Waals surface area contributed by atoms with Gasteiger partial charge >= 0.3 is 0 Å². The molecule has 2 N–H and O–H groups in total. The number of aromatic nitrogens is 2. The lowest BCUT2D eigenvalue weighted by Crippen LogP contribution is -2.24. The Hall–Kier alpha value is -1.92. The Morgan fingerprint density at radius 2 is 2.24 bits per heavy atom. The summed E-state index contributed by atoms with van der Waals surface area (Å²) in [7, 11) is -3.81. The van der Waals surface area contributed by atoms with E-state index in [2.05, 4.69) is 31.2 Å². The molecule has 0 atom stereocenters. The molecule has 0 saturated heterocycles. The highest BCUT2D eigenvalue weighted by molar-refractivity contribution is 7.89. The molecule has 7 nitrogen and oxygen atoms in total. The first-order valence-electron chi connectivity index (χ1n) is 5.67. The predicted molar refractivity (Wildman–Crippen MR) is 73.7 cm³/mol. The fourth-order valence-electron chi connectivity index (χ4n) is 1.45. The van der Waals surface area contributed by atoms with Crippen LogP contribution in [-0.4, -0.2) is 30.3 Å². The molecule has 1 aromatic carbocycles. The Bertz CT molecular complexity index is 779. The monoisotopic (exact) mass is 327 g/mol. The molecule has 0 aliphatic rings. The molecule has 0 radical (unpaired) electrons. The van der Waals surface area contributed by atoms with Gasteiger partial charge in [0.15, 0.2) is 5.82 Å². The van der Waals surface area contributed by atoms with Crippen LogP contribution >= 0.6 is 11.6 Å². The standard InChI is InChI=1S/C12H10ClN3O4S/c13-10-6-9(2-1-5-17)3-4-11(10)21(18,19)15-7-12-14-8-20-16-12/h3-4,6,8,15,17H,5,7H2. The smallest absolute Gasteiger partial charge is 0.242 e. The maximum absolute atomic E-state index is 12.1. The van der Waals surface area contributed by atoms with Crippen molar-refractivity contribution in [3.63, 3.8) is 0 Å². The Morgan fingerprint density at radius 3 is 2.86 bits per heavy atom. The second-order valence-corrected chi connectivity index (χ2v) is 5.92. The van der Waals surface area contributed by atoms with Crippen LogP contribution < -0.4 is 4.72 Å². The summed E-state index contributed by atoms with van der Waals surface area (Å²) >= 11 is 5.95. The zero-order chi connectivity index (χ0) is 15.3. The molecule has 9 heteroatoms. The number of aliphatic hydroxyl groups is 1. The van der Waals surface area contributed by atoms with E-state index in [-0.39, 0.29) is 28.9 Å². The number of rotatable bonds is 4. The van der Waals surface area contributed by atoms with Crippen molar-refractivity contribution in [3.8, 4) is 11.8 Å². The molecule has 21 heavy (non-hydrogen) atoms. The van der Waals surface area contributed by atoms with Gasteiger partial charge in [-0.3, -0.25) is 0 Å². The van der Waals surface area contributed by atoms with E-state index in [1.54, 1.807) is 0 Å². The Morgan fingerprint density at radius 1 is 1.43 bits per heavy atom. The van der Waals surface area contributed by atoms with E-state index in [4.69, 9.17) is 16.7 Å². The van der Waals surface area contributed by atoms with Crippen molar-refractivity contribution in [2.45, 2.75) is 11.4 Å². The van der Waals surface area contributed by atoms with Crippen molar-refractivity contribution in [2.75, 3.05) is 6.61 Å². The maximum Gasteiger partial charge on any atom is 0.242 e. The van der Waals surface area contributed by atoms with Crippen molar-refractivity contribution in [1.29, 1.82) is 0 Å². The second-order valence-electron chi connectivity index (χ2n) is 3.78. The third kappa shape index (κ3) is 4.03. The van der Waals surface area contributed by atoms with Crippen molar-refractivity contribution >= 4 is 21.6 Å². The number of benzene rings is 1. The van der Waals surface area contributed by atoms with E-state index in [1.165, 1.54) is 18.2 Å². The molecule has 0 aliphatic heterocycles. The van der Waals surface area contributed by atoms with Crippen LogP contribution in [0.25, 0.3) is 0 Å². The number of halogens is 1. The van der Waals surface area contributed by atoms with Crippen LogP contribution in [0.4, 0.5) is 0 Å². The lowest BCUT2D eigenvalue weighted by Gasteiger charge is -2.07. The molecule has 0 aliphatic carbocycles. The zero-order valence-electron chi connectivity index (χ0n) is 10.6. The quantitative estimate of drug-likeness (QED) is 0.794.